The second-order valence-corrected chi connectivity index (χ2v) is 7.49. The minimum absolute atomic E-state index is 0. The van der Waals surface area contributed by atoms with Crippen LogP contribution in [0.25, 0.3) is 0 Å². The van der Waals surface area contributed by atoms with Crippen molar-refractivity contribution in [3.63, 3.8) is 0 Å². The van der Waals surface area contributed by atoms with Crippen molar-refractivity contribution in [2.24, 2.45) is 4.99 Å². The first-order chi connectivity index (χ1) is 14.5. The number of hydrogen-bond acceptors (Lipinski definition) is 4. The summed E-state index contributed by atoms with van der Waals surface area (Å²) in [5.41, 5.74) is 2.67. The lowest BCUT2D eigenvalue weighted by Gasteiger charge is -2.13. The fourth-order valence-electron chi connectivity index (χ4n) is 3.12. The number of nitrogens with zero attached hydrogens (tertiary/aromatic N) is 2. The van der Waals surface area contributed by atoms with Gasteiger partial charge < -0.3 is 20.5 Å². The highest BCUT2D eigenvalue weighted by atomic mass is 127. The van der Waals surface area contributed by atoms with Gasteiger partial charge in [-0.15, -0.1) is 24.0 Å². The maximum absolute atomic E-state index is 12.3. The first-order valence-corrected chi connectivity index (χ1v) is 10.8. The van der Waals surface area contributed by atoms with Gasteiger partial charge >= 0.3 is 0 Å². The maximum Gasteiger partial charge on any atom is 0.251 e. The van der Waals surface area contributed by atoms with Crippen LogP contribution in [0.4, 0.5) is 0 Å². The Balaban J connectivity index is 0.00000480. The lowest BCUT2D eigenvalue weighted by atomic mass is 9.99. The lowest BCUT2D eigenvalue weighted by molar-refractivity contribution is 0.0939. The molecule has 1 heterocycles. The zero-order chi connectivity index (χ0) is 21.9. The number of rotatable bonds is 10. The Labute approximate surface area is 202 Å². The molecule has 0 spiro atoms. The van der Waals surface area contributed by atoms with Gasteiger partial charge in [0, 0.05) is 37.2 Å². The van der Waals surface area contributed by atoms with E-state index in [1.54, 1.807) is 7.05 Å². The van der Waals surface area contributed by atoms with Crippen LogP contribution in [-0.2, 0) is 13.1 Å². The number of aliphatic imine (C=N–C) groups is 1. The zero-order valence-electron chi connectivity index (χ0n) is 19.2. The van der Waals surface area contributed by atoms with Gasteiger partial charge in [-0.1, -0.05) is 38.1 Å². The van der Waals surface area contributed by atoms with Crippen LogP contribution in [0.1, 0.15) is 80.3 Å². The summed E-state index contributed by atoms with van der Waals surface area (Å²) >= 11 is 0. The standard InChI is InChI=1S/C23H35N5O2.HI/c1-6-16(4)27-22(29)19-11-9-10-17(12-19)14-25-23(24-5)26-15-20-13-21(28-30-20)18(7-2)8-3;/h9-13,16,18H,6-8,14-15H2,1-5H3,(H,27,29)(H2,24,25,26);1H. The van der Waals surface area contributed by atoms with Gasteiger partial charge in [-0.3, -0.25) is 9.79 Å². The summed E-state index contributed by atoms with van der Waals surface area (Å²) in [6.07, 6.45) is 3.00. The predicted molar refractivity (Wildman–Crippen MR) is 136 cm³/mol. The summed E-state index contributed by atoms with van der Waals surface area (Å²) in [6.45, 7) is 9.44. The van der Waals surface area contributed by atoms with Gasteiger partial charge in [-0.2, -0.15) is 0 Å². The number of aromatic nitrogens is 1. The Kier molecular flexibility index (Phi) is 12.2. The molecular formula is C23H36IN5O2. The summed E-state index contributed by atoms with van der Waals surface area (Å²) in [4.78, 5) is 16.6. The molecule has 2 aromatic rings. The molecule has 1 amide bonds. The van der Waals surface area contributed by atoms with E-state index >= 15 is 0 Å². The van der Waals surface area contributed by atoms with E-state index < -0.39 is 0 Å². The lowest BCUT2D eigenvalue weighted by Crippen LogP contribution is -2.36. The van der Waals surface area contributed by atoms with Crippen LogP contribution in [0.2, 0.25) is 0 Å². The Morgan fingerprint density at radius 1 is 1.10 bits per heavy atom. The third-order valence-corrected chi connectivity index (χ3v) is 5.27. The molecule has 0 saturated carbocycles. The number of carbonyl (C=O) groups excluding carboxylic acids is 1. The van der Waals surface area contributed by atoms with E-state index in [4.69, 9.17) is 4.52 Å². The van der Waals surface area contributed by atoms with Crippen molar-refractivity contribution in [2.75, 3.05) is 7.05 Å². The van der Waals surface area contributed by atoms with Crippen molar-refractivity contribution >= 4 is 35.8 Å². The number of halogens is 1. The summed E-state index contributed by atoms with van der Waals surface area (Å²) in [5, 5.41) is 13.7. The van der Waals surface area contributed by atoms with Crippen molar-refractivity contribution in [1.29, 1.82) is 0 Å². The van der Waals surface area contributed by atoms with E-state index in [1.807, 2.05) is 37.3 Å². The van der Waals surface area contributed by atoms with Gasteiger partial charge in [0.2, 0.25) is 0 Å². The van der Waals surface area contributed by atoms with Crippen molar-refractivity contribution in [3.05, 3.63) is 52.9 Å². The first-order valence-electron chi connectivity index (χ1n) is 10.8. The number of guanidine groups is 1. The normalized spacial score (nSPS) is 12.3. The molecule has 0 saturated heterocycles. The second kappa shape index (κ2) is 14.1. The second-order valence-electron chi connectivity index (χ2n) is 7.49. The number of benzene rings is 1. The van der Waals surface area contributed by atoms with E-state index in [1.165, 1.54) is 0 Å². The number of amides is 1. The Morgan fingerprint density at radius 2 is 1.81 bits per heavy atom. The molecule has 2 rings (SSSR count). The summed E-state index contributed by atoms with van der Waals surface area (Å²) in [6, 6.07) is 9.78. The van der Waals surface area contributed by atoms with Crippen LogP contribution in [0, 0.1) is 0 Å². The molecular weight excluding hydrogens is 505 g/mol. The fourth-order valence-corrected chi connectivity index (χ4v) is 3.12. The van der Waals surface area contributed by atoms with Gasteiger partial charge in [-0.05, 0) is 43.9 Å². The van der Waals surface area contributed by atoms with Crippen LogP contribution >= 0.6 is 24.0 Å². The first kappa shape index (κ1) is 26.9. The van der Waals surface area contributed by atoms with Crippen LogP contribution in [0.3, 0.4) is 0 Å². The third-order valence-electron chi connectivity index (χ3n) is 5.27. The van der Waals surface area contributed by atoms with Gasteiger partial charge in [0.15, 0.2) is 11.7 Å². The minimum atomic E-state index is -0.0488. The van der Waals surface area contributed by atoms with Crippen LogP contribution < -0.4 is 16.0 Å². The molecule has 172 valence electrons. The average molecular weight is 541 g/mol. The quantitative estimate of drug-likeness (QED) is 0.233. The number of hydrogen-bond donors (Lipinski definition) is 3. The molecule has 0 bridgehead atoms. The van der Waals surface area contributed by atoms with Crippen molar-refractivity contribution in [2.45, 2.75) is 72.0 Å². The van der Waals surface area contributed by atoms with E-state index in [0.717, 1.165) is 36.3 Å². The topological polar surface area (TPSA) is 91.5 Å². The molecule has 7 nitrogen and oxygen atoms in total. The Morgan fingerprint density at radius 3 is 2.45 bits per heavy atom. The molecule has 0 radical (unpaired) electrons. The Hall–Kier alpha value is -2.10. The predicted octanol–water partition coefficient (Wildman–Crippen LogP) is 4.59. The van der Waals surface area contributed by atoms with Gasteiger partial charge in [0.1, 0.15) is 0 Å². The molecule has 1 aromatic heterocycles. The third kappa shape index (κ3) is 8.51. The average Bonchev–Trinajstić information content (AvgIpc) is 3.23. The summed E-state index contributed by atoms with van der Waals surface area (Å²) in [7, 11) is 1.72. The number of nitrogens with one attached hydrogen (secondary N) is 3. The van der Waals surface area contributed by atoms with Crippen LogP contribution in [0.15, 0.2) is 39.8 Å². The van der Waals surface area contributed by atoms with Crippen molar-refractivity contribution in [1.82, 2.24) is 21.1 Å². The highest BCUT2D eigenvalue weighted by molar-refractivity contribution is 14.0. The highest BCUT2D eigenvalue weighted by Gasteiger charge is 2.13. The molecule has 1 unspecified atom stereocenters. The fraction of sp³-hybridized carbons (Fsp3) is 0.522. The molecule has 31 heavy (non-hydrogen) atoms. The molecule has 8 heteroatoms. The van der Waals surface area contributed by atoms with Crippen molar-refractivity contribution in [3.8, 4) is 0 Å². The molecule has 0 aliphatic rings. The zero-order valence-corrected chi connectivity index (χ0v) is 21.5. The monoisotopic (exact) mass is 541 g/mol. The summed E-state index contributed by atoms with van der Waals surface area (Å²) in [5.74, 6) is 1.82. The minimum Gasteiger partial charge on any atom is -0.359 e. The summed E-state index contributed by atoms with van der Waals surface area (Å²) < 4.78 is 5.45. The molecule has 0 aliphatic heterocycles. The van der Waals surface area contributed by atoms with Crippen molar-refractivity contribution < 1.29 is 9.32 Å². The molecule has 0 aliphatic carbocycles. The highest BCUT2D eigenvalue weighted by Crippen LogP contribution is 2.22. The van der Waals surface area contributed by atoms with E-state index in [9.17, 15) is 4.79 Å². The smallest absolute Gasteiger partial charge is 0.251 e. The SMILES string of the molecule is CCC(C)NC(=O)c1cccc(CNC(=NC)NCc2cc(C(CC)CC)no2)c1.I. The molecule has 1 aromatic carbocycles. The Bertz CT molecular complexity index is 833. The largest absolute Gasteiger partial charge is 0.359 e. The van der Waals surface area contributed by atoms with Crippen LogP contribution in [-0.4, -0.2) is 30.1 Å². The van der Waals surface area contributed by atoms with Crippen LogP contribution in [0.5, 0.6) is 0 Å². The van der Waals surface area contributed by atoms with E-state index in [0.29, 0.717) is 30.5 Å². The molecule has 3 N–H and O–H groups in total. The number of carbonyl (C=O) groups is 1. The molecule has 0 fully saturated rings. The van der Waals surface area contributed by atoms with Gasteiger partial charge in [0.05, 0.1) is 12.2 Å². The van der Waals surface area contributed by atoms with E-state index in [2.05, 4.69) is 46.9 Å². The van der Waals surface area contributed by atoms with E-state index in [-0.39, 0.29) is 35.9 Å². The van der Waals surface area contributed by atoms with Gasteiger partial charge in [0.25, 0.3) is 5.91 Å². The maximum atomic E-state index is 12.3. The van der Waals surface area contributed by atoms with Gasteiger partial charge in [-0.25, -0.2) is 0 Å². The molecule has 1 atom stereocenters.